The first-order chi connectivity index (χ1) is 8.92. The predicted octanol–water partition coefficient (Wildman–Crippen LogP) is 2.65. The lowest BCUT2D eigenvalue weighted by molar-refractivity contribution is -0.0719. The monoisotopic (exact) mass is 243 g/mol. The molecule has 0 spiro atoms. The molecule has 1 fully saturated rings. The second-order valence-corrected chi connectivity index (χ2v) is 4.54. The third-order valence-corrected chi connectivity index (χ3v) is 3.19. The lowest BCUT2D eigenvalue weighted by Gasteiger charge is -2.26. The lowest BCUT2D eigenvalue weighted by atomic mass is 10.2. The number of hydrogen-bond donors (Lipinski definition) is 0. The molecule has 2 aromatic rings. The van der Waals surface area contributed by atoms with Gasteiger partial charge in [0.25, 0.3) is 0 Å². The van der Waals surface area contributed by atoms with E-state index in [4.69, 9.17) is 4.84 Å². The Hall–Kier alpha value is -1.81. The fourth-order valence-corrected chi connectivity index (χ4v) is 2.20. The van der Waals surface area contributed by atoms with E-state index in [2.05, 4.69) is 10.0 Å². The molecule has 0 atom stereocenters. The van der Waals surface area contributed by atoms with E-state index in [0.717, 1.165) is 24.5 Å². The van der Waals surface area contributed by atoms with Crippen molar-refractivity contribution in [2.24, 2.45) is 0 Å². The standard InChI is InChI=1S/C14H17N3O/c1-2-9-17(10-3-1)18-14-6-4-13(5-7-14)16-11-8-15-12-16/h4-8,11-12H,1-3,9-10H2. The minimum atomic E-state index is 0.903. The van der Waals surface area contributed by atoms with E-state index in [-0.39, 0.29) is 0 Å². The van der Waals surface area contributed by atoms with E-state index >= 15 is 0 Å². The molecule has 0 aliphatic carbocycles. The molecular formula is C14H17N3O. The van der Waals surface area contributed by atoms with Gasteiger partial charge in [0.05, 0.1) is 6.33 Å². The number of hydroxylamine groups is 2. The van der Waals surface area contributed by atoms with Crippen LogP contribution in [0.2, 0.25) is 0 Å². The Labute approximate surface area is 107 Å². The Balaban J connectivity index is 1.67. The zero-order valence-electron chi connectivity index (χ0n) is 10.3. The van der Waals surface area contributed by atoms with Crippen LogP contribution in [-0.4, -0.2) is 27.7 Å². The minimum Gasteiger partial charge on any atom is -0.406 e. The van der Waals surface area contributed by atoms with Crippen LogP contribution in [0.1, 0.15) is 19.3 Å². The molecule has 1 saturated heterocycles. The van der Waals surface area contributed by atoms with Crippen LogP contribution in [0.25, 0.3) is 5.69 Å². The first-order valence-corrected chi connectivity index (χ1v) is 6.43. The minimum absolute atomic E-state index is 0.903. The first kappa shape index (κ1) is 11.3. The van der Waals surface area contributed by atoms with E-state index in [1.165, 1.54) is 19.3 Å². The van der Waals surface area contributed by atoms with Gasteiger partial charge in [-0.25, -0.2) is 4.98 Å². The van der Waals surface area contributed by atoms with Crippen LogP contribution in [-0.2, 0) is 0 Å². The Morgan fingerprint density at radius 1 is 1.00 bits per heavy atom. The van der Waals surface area contributed by atoms with Crippen molar-refractivity contribution in [3.63, 3.8) is 0 Å². The fraction of sp³-hybridized carbons (Fsp3) is 0.357. The normalized spacial score (nSPS) is 16.7. The number of piperidine rings is 1. The molecule has 0 radical (unpaired) electrons. The molecule has 0 bridgehead atoms. The summed E-state index contributed by atoms with van der Waals surface area (Å²) >= 11 is 0. The van der Waals surface area contributed by atoms with Gasteiger partial charge in [0.1, 0.15) is 5.75 Å². The summed E-state index contributed by atoms with van der Waals surface area (Å²) in [6.45, 7) is 2.06. The Morgan fingerprint density at radius 2 is 1.78 bits per heavy atom. The highest BCUT2D eigenvalue weighted by Crippen LogP contribution is 2.18. The molecule has 4 nitrogen and oxygen atoms in total. The molecule has 1 aromatic carbocycles. The van der Waals surface area contributed by atoms with Crippen LogP contribution >= 0.6 is 0 Å². The number of benzene rings is 1. The summed E-state index contributed by atoms with van der Waals surface area (Å²) in [6.07, 6.45) is 9.28. The Kier molecular flexibility index (Phi) is 3.28. The average Bonchev–Trinajstić information content (AvgIpc) is 2.95. The van der Waals surface area contributed by atoms with Crippen molar-refractivity contribution in [2.75, 3.05) is 13.1 Å². The van der Waals surface area contributed by atoms with Gasteiger partial charge in [-0.2, -0.15) is 0 Å². The van der Waals surface area contributed by atoms with E-state index < -0.39 is 0 Å². The highest BCUT2D eigenvalue weighted by molar-refractivity contribution is 5.37. The molecule has 1 aliphatic heterocycles. The maximum atomic E-state index is 5.84. The van der Waals surface area contributed by atoms with Gasteiger partial charge in [0.2, 0.25) is 0 Å². The van der Waals surface area contributed by atoms with Crippen molar-refractivity contribution < 1.29 is 4.84 Å². The molecule has 1 aromatic heterocycles. The van der Waals surface area contributed by atoms with Gasteiger partial charge in [-0.15, -0.1) is 5.06 Å². The molecule has 0 saturated carbocycles. The van der Waals surface area contributed by atoms with Crippen LogP contribution in [0.5, 0.6) is 5.75 Å². The van der Waals surface area contributed by atoms with E-state index in [1.807, 2.05) is 35.0 Å². The topological polar surface area (TPSA) is 30.3 Å². The summed E-state index contributed by atoms with van der Waals surface area (Å²) in [5, 5.41) is 2.05. The SMILES string of the molecule is c1cn(-c2ccc(ON3CCCCC3)cc2)cn1. The van der Waals surface area contributed by atoms with Gasteiger partial charge in [-0.05, 0) is 37.1 Å². The van der Waals surface area contributed by atoms with Crippen LogP contribution in [0, 0.1) is 0 Å². The Morgan fingerprint density at radius 3 is 2.44 bits per heavy atom. The van der Waals surface area contributed by atoms with Gasteiger partial charge in [0.15, 0.2) is 0 Å². The van der Waals surface area contributed by atoms with E-state index in [9.17, 15) is 0 Å². The van der Waals surface area contributed by atoms with Gasteiger partial charge in [-0.3, -0.25) is 0 Å². The predicted molar refractivity (Wildman–Crippen MR) is 69.6 cm³/mol. The van der Waals surface area contributed by atoms with Crippen molar-refractivity contribution in [1.82, 2.24) is 14.6 Å². The van der Waals surface area contributed by atoms with Gasteiger partial charge >= 0.3 is 0 Å². The summed E-state index contributed by atoms with van der Waals surface area (Å²) in [5.74, 6) is 0.903. The van der Waals surface area contributed by atoms with Gasteiger partial charge < -0.3 is 9.40 Å². The number of nitrogens with zero attached hydrogens (tertiary/aromatic N) is 3. The number of rotatable bonds is 3. The highest BCUT2D eigenvalue weighted by Gasteiger charge is 2.11. The molecule has 94 valence electrons. The Bertz CT molecular complexity index is 472. The summed E-state index contributed by atoms with van der Waals surface area (Å²) in [5.41, 5.74) is 1.10. The summed E-state index contributed by atoms with van der Waals surface area (Å²) < 4.78 is 1.98. The summed E-state index contributed by atoms with van der Waals surface area (Å²) in [4.78, 5) is 9.87. The van der Waals surface area contributed by atoms with Crippen molar-refractivity contribution in [3.05, 3.63) is 43.0 Å². The molecule has 4 heteroatoms. The molecule has 3 rings (SSSR count). The third kappa shape index (κ3) is 2.54. The molecule has 0 N–H and O–H groups in total. The smallest absolute Gasteiger partial charge is 0.147 e. The maximum Gasteiger partial charge on any atom is 0.147 e. The molecule has 0 unspecified atom stereocenters. The molecule has 1 aliphatic rings. The van der Waals surface area contributed by atoms with Gasteiger partial charge in [-0.1, -0.05) is 6.42 Å². The first-order valence-electron chi connectivity index (χ1n) is 6.43. The van der Waals surface area contributed by atoms with E-state index in [1.54, 1.807) is 12.5 Å². The number of imidazole rings is 1. The summed E-state index contributed by atoms with van der Waals surface area (Å²) in [7, 11) is 0. The fourth-order valence-electron chi connectivity index (χ4n) is 2.20. The van der Waals surface area contributed by atoms with Crippen molar-refractivity contribution >= 4 is 0 Å². The van der Waals surface area contributed by atoms with Crippen molar-refractivity contribution in [2.45, 2.75) is 19.3 Å². The molecular weight excluding hydrogens is 226 g/mol. The number of aromatic nitrogens is 2. The molecule has 2 heterocycles. The van der Waals surface area contributed by atoms with Crippen LogP contribution in [0.15, 0.2) is 43.0 Å². The molecule has 0 amide bonds. The maximum absolute atomic E-state index is 5.84. The van der Waals surface area contributed by atoms with Crippen LogP contribution in [0.3, 0.4) is 0 Å². The largest absolute Gasteiger partial charge is 0.406 e. The average molecular weight is 243 g/mol. The quantitative estimate of drug-likeness (QED) is 0.830. The number of hydrogen-bond acceptors (Lipinski definition) is 3. The molecule has 18 heavy (non-hydrogen) atoms. The second kappa shape index (κ2) is 5.23. The van der Waals surface area contributed by atoms with Crippen LogP contribution in [0.4, 0.5) is 0 Å². The van der Waals surface area contributed by atoms with Crippen molar-refractivity contribution in [1.29, 1.82) is 0 Å². The van der Waals surface area contributed by atoms with Gasteiger partial charge in [0, 0.05) is 31.2 Å². The summed E-state index contributed by atoms with van der Waals surface area (Å²) in [6, 6.07) is 8.09. The van der Waals surface area contributed by atoms with Crippen molar-refractivity contribution in [3.8, 4) is 11.4 Å². The second-order valence-electron chi connectivity index (χ2n) is 4.54. The zero-order valence-corrected chi connectivity index (χ0v) is 10.3. The lowest BCUT2D eigenvalue weighted by Crippen LogP contribution is -2.32. The zero-order chi connectivity index (χ0) is 12.2. The highest BCUT2D eigenvalue weighted by atomic mass is 16.7. The van der Waals surface area contributed by atoms with Crippen LogP contribution < -0.4 is 4.84 Å². The third-order valence-electron chi connectivity index (χ3n) is 3.19. The van der Waals surface area contributed by atoms with E-state index in [0.29, 0.717) is 0 Å².